The van der Waals surface area contributed by atoms with Crippen LogP contribution in [0.1, 0.15) is 19.4 Å². The summed E-state index contributed by atoms with van der Waals surface area (Å²) in [6, 6.07) is 18.2. The maximum Gasteiger partial charge on any atom is 0.350 e. The van der Waals surface area contributed by atoms with Crippen molar-refractivity contribution < 1.29 is 22.0 Å². The highest BCUT2D eigenvalue weighted by Crippen LogP contribution is 2.50. The standard InChI is InChI=1S/C22H22ClN2O5PS/c1-3-29-31(26,30-4-2)16-25(22-11-7-9-18-8-5-6-10-21(18)22)32(27,28)20-13-17(15-24)12-19(23)14-20/h5-14H,3-4,16H2,1-2H3. The van der Waals surface area contributed by atoms with E-state index in [1.807, 2.05) is 24.3 Å². The molecule has 0 aromatic heterocycles. The zero-order valence-corrected chi connectivity index (χ0v) is 20.0. The zero-order valence-electron chi connectivity index (χ0n) is 17.6. The van der Waals surface area contributed by atoms with Gasteiger partial charge in [0, 0.05) is 10.4 Å². The molecule has 0 N–H and O–H groups in total. The van der Waals surface area contributed by atoms with E-state index >= 15 is 0 Å². The lowest BCUT2D eigenvalue weighted by Gasteiger charge is -2.29. The summed E-state index contributed by atoms with van der Waals surface area (Å²) in [4.78, 5) is -0.200. The largest absolute Gasteiger partial charge is 0.350 e. The zero-order chi connectivity index (χ0) is 23.4. The molecule has 0 saturated carbocycles. The molecule has 32 heavy (non-hydrogen) atoms. The molecular formula is C22H22ClN2O5PS. The van der Waals surface area contributed by atoms with Crippen LogP contribution in [0, 0.1) is 11.3 Å². The SMILES string of the molecule is CCOP(=O)(CN(c1cccc2ccccc12)S(=O)(=O)c1cc(Cl)cc(C#N)c1)OCC. The van der Waals surface area contributed by atoms with E-state index in [-0.39, 0.29) is 28.7 Å². The molecule has 3 rings (SSSR count). The van der Waals surface area contributed by atoms with E-state index in [9.17, 15) is 18.2 Å². The first kappa shape index (κ1) is 24.2. The highest BCUT2D eigenvalue weighted by atomic mass is 35.5. The summed E-state index contributed by atoms with van der Waals surface area (Å²) in [5, 5.41) is 10.8. The Kier molecular flexibility index (Phi) is 7.60. The van der Waals surface area contributed by atoms with E-state index in [1.165, 1.54) is 18.2 Å². The Hall–Kier alpha value is -2.40. The third-order valence-electron chi connectivity index (χ3n) is 4.58. The Morgan fingerprint density at radius 2 is 1.69 bits per heavy atom. The van der Waals surface area contributed by atoms with Gasteiger partial charge >= 0.3 is 7.60 Å². The van der Waals surface area contributed by atoms with Gasteiger partial charge in [0.25, 0.3) is 10.0 Å². The molecule has 0 spiro atoms. The second kappa shape index (κ2) is 10.0. The summed E-state index contributed by atoms with van der Waals surface area (Å²) in [6.07, 6.45) is -0.542. The molecule has 7 nitrogen and oxygen atoms in total. The van der Waals surface area contributed by atoms with E-state index in [1.54, 1.807) is 38.1 Å². The van der Waals surface area contributed by atoms with Crippen molar-refractivity contribution in [1.82, 2.24) is 0 Å². The van der Waals surface area contributed by atoms with E-state index < -0.39 is 23.9 Å². The Morgan fingerprint density at radius 3 is 2.34 bits per heavy atom. The van der Waals surface area contributed by atoms with E-state index in [2.05, 4.69) is 0 Å². The van der Waals surface area contributed by atoms with Crippen LogP contribution in [-0.4, -0.2) is 27.9 Å². The third-order valence-corrected chi connectivity index (χ3v) is 8.66. The Labute approximate surface area is 192 Å². The van der Waals surface area contributed by atoms with E-state index in [0.29, 0.717) is 11.1 Å². The van der Waals surface area contributed by atoms with Crippen LogP contribution >= 0.6 is 19.2 Å². The second-order valence-electron chi connectivity index (χ2n) is 6.73. The topological polar surface area (TPSA) is 96.7 Å². The van der Waals surface area contributed by atoms with Crippen molar-refractivity contribution in [2.24, 2.45) is 0 Å². The van der Waals surface area contributed by atoms with Crippen molar-refractivity contribution in [3.63, 3.8) is 0 Å². The lowest BCUT2D eigenvalue weighted by Crippen LogP contribution is -2.33. The van der Waals surface area contributed by atoms with E-state index in [0.717, 1.165) is 9.69 Å². The first-order valence-electron chi connectivity index (χ1n) is 9.83. The average Bonchev–Trinajstić information content (AvgIpc) is 2.77. The van der Waals surface area contributed by atoms with Crippen LogP contribution < -0.4 is 4.31 Å². The summed E-state index contributed by atoms with van der Waals surface area (Å²) in [5.74, 6) is 0. The first-order valence-corrected chi connectivity index (χ1v) is 13.4. The number of fused-ring (bicyclic) bond motifs is 1. The van der Waals surface area contributed by atoms with Crippen LogP contribution in [0.2, 0.25) is 5.02 Å². The number of hydrogen-bond donors (Lipinski definition) is 0. The van der Waals surface area contributed by atoms with Gasteiger partial charge in [-0.15, -0.1) is 0 Å². The molecule has 0 aliphatic rings. The van der Waals surface area contributed by atoms with Crippen molar-refractivity contribution in [3.05, 3.63) is 71.2 Å². The minimum atomic E-state index is -4.30. The van der Waals surface area contributed by atoms with Crippen molar-refractivity contribution in [2.45, 2.75) is 18.7 Å². The lowest BCUT2D eigenvalue weighted by molar-refractivity contribution is 0.221. The number of rotatable bonds is 9. The third kappa shape index (κ3) is 5.15. The van der Waals surface area contributed by atoms with Gasteiger partial charge in [0.2, 0.25) is 0 Å². The number of anilines is 1. The Bertz CT molecular complexity index is 1310. The minimum absolute atomic E-state index is 0.0798. The minimum Gasteiger partial charge on any atom is -0.308 e. The van der Waals surface area contributed by atoms with E-state index in [4.69, 9.17) is 20.6 Å². The van der Waals surface area contributed by atoms with Gasteiger partial charge in [-0.25, -0.2) is 8.42 Å². The fourth-order valence-electron chi connectivity index (χ4n) is 3.28. The number of benzene rings is 3. The molecule has 0 saturated heterocycles. The molecule has 0 unspecified atom stereocenters. The van der Waals surface area contributed by atoms with Gasteiger partial charge in [-0.05, 0) is 43.5 Å². The number of halogens is 1. The van der Waals surface area contributed by atoms with Crippen molar-refractivity contribution >= 4 is 45.7 Å². The molecule has 0 aliphatic carbocycles. The Morgan fingerprint density at radius 1 is 1.03 bits per heavy atom. The number of nitrogens with zero attached hydrogens (tertiary/aromatic N) is 2. The van der Waals surface area contributed by atoms with Crippen LogP contribution in [0.25, 0.3) is 10.8 Å². The summed E-state index contributed by atoms with van der Waals surface area (Å²) in [7, 11) is -8.12. The predicted octanol–water partition coefficient (Wildman–Crippen LogP) is 5.78. The molecular weight excluding hydrogens is 471 g/mol. The highest BCUT2D eigenvalue weighted by Gasteiger charge is 2.36. The van der Waals surface area contributed by atoms with Crippen LogP contribution in [0.3, 0.4) is 0 Å². The molecule has 3 aromatic rings. The van der Waals surface area contributed by atoms with Crippen LogP contribution in [0.4, 0.5) is 5.69 Å². The summed E-state index contributed by atoms with van der Waals surface area (Å²) < 4.78 is 52.8. The monoisotopic (exact) mass is 492 g/mol. The maximum atomic E-state index is 13.8. The molecule has 0 bridgehead atoms. The van der Waals surface area contributed by atoms with Crippen molar-refractivity contribution in [3.8, 4) is 6.07 Å². The smallest absolute Gasteiger partial charge is 0.308 e. The van der Waals surface area contributed by atoms with Gasteiger partial charge in [-0.1, -0.05) is 48.0 Å². The van der Waals surface area contributed by atoms with Crippen molar-refractivity contribution in [1.29, 1.82) is 5.26 Å². The van der Waals surface area contributed by atoms with Gasteiger partial charge in [0.15, 0.2) is 0 Å². The predicted molar refractivity (Wildman–Crippen MR) is 126 cm³/mol. The number of hydrogen-bond acceptors (Lipinski definition) is 6. The summed E-state index contributed by atoms with van der Waals surface area (Å²) in [6.45, 7) is 3.46. The first-order chi connectivity index (χ1) is 15.2. The lowest BCUT2D eigenvalue weighted by atomic mass is 10.1. The molecule has 0 fully saturated rings. The maximum absolute atomic E-state index is 13.8. The molecule has 0 radical (unpaired) electrons. The van der Waals surface area contributed by atoms with Gasteiger partial charge in [0.1, 0.15) is 6.29 Å². The molecule has 0 heterocycles. The number of nitriles is 1. The molecule has 10 heteroatoms. The van der Waals surface area contributed by atoms with Gasteiger partial charge in [-0.3, -0.25) is 8.87 Å². The van der Waals surface area contributed by atoms with Gasteiger partial charge in [0.05, 0.1) is 35.4 Å². The quantitative estimate of drug-likeness (QED) is 0.351. The van der Waals surface area contributed by atoms with Crippen LogP contribution in [0.5, 0.6) is 0 Å². The van der Waals surface area contributed by atoms with Crippen LogP contribution in [0.15, 0.2) is 65.6 Å². The summed E-state index contributed by atoms with van der Waals surface area (Å²) in [5.41, 5.74) is 0.396. The highest BCUT2D eigenvalue weighted by molar-refractivity contribution is 7.93. The van der Waals surface area contributed by atoms with Crippen LogP contribution in [-0.2, 0) is 23.6 Å². The van der Waals surface area contributed by atoms with Gasteiger partial charge in [-0.2, -0.15) is 5.26 Å². The number of sulfonamides is 1. The molecule has 0 amide bonds. The molecule has 168 valence electrons. The fourth-order valence-corrected chi connectivity index (χ4v) is 7.33. The fraction of sp³-hybridized carbons (Fsp3) is 0.227. The molecule has 0 aliphatic heterocycles. The summed E-state index contributed by atoms with van der Waals surface area (Å²) >= 11 is 6.07. The molecule has 3 aromatic carbocycles. The second-order valence-corrected chi connectivity index (χ2v) is 11.0. The molecule has 0 atom stereocenters. The van der Waals surface area contributed by atoms with Gasteiger partial charge < -0.3 is 9.05 Å². The Balaban J connectivity index is 2.26. The normalized spacial score (nSPS) is 11.9. The van der Waals surface area contributed by atoms with Crippen molar-refractivity contribution in [2.75, 3.05) is 23.8 Å². The average molecular weight is 493 g/mol.